The molecule has 26 heavy (non-hydrogen) atoms. The Hall–Kier alpha value is -2.51. The minimum Gasteiger partial charge on any atom is -0.508 e. The number of nitrogens with zero attached hydrogens (tertiary/aromatic N) is 2. The lowest BCUT2D eigenvalue weighted by Gasteiger charge is -2.11. The number of hydrogen-bond donors (Lipinski definition) is 1. The maximum Gasteiger partial charge on any atom is 0.293 e. The zero-order chi connectivity index (χ0) is 18.8. The topological polar surface area (TPSA) is 71.8 Å². The van der Waals surface area contributed by atoms with Gasteiger partial charge >= 0.3 is 0 Å². The molecule has 2 aromatic rings. The predicted molar refractivity (Wildman–Crippen MR) is 101 cm³/mol. The van der Waals surface area contributed by atoms with Crippen LogP contribution in [0.1, 0.15) is 17.0 Å². The Morgan fingerprint density at radius 2 is 1.88 bits per heavy atom. The van der Waals surface area contributed by atoms with Crippen LogP contribution in [-0.2, 0) is 9.53 Å². The summed E-state index contributed by atoms with van der Waals surface area (Å²) < 4.78 is 7.00. The molecular weight excluding hydrogens is 352 g/mol. The van der Waals surface area contributed by atoms with Crippen LogP contribution in [0.3, 0.4) is 0 Å². The number of imide groups is 1. The van der Waals surface area contributed by atoms with Crippen molar-refractivity contribution in [3.05, 3.63) is 52.2 Å². The molecule has 1 aliphatic rings. The number of aryl methyl sites for hydroxylation is 1. The predicted octanol–water partition coefficient (Wildman–Crippen LogP) is 3.48. The average Bonchev–Trinajstić information content (AvgIpc) is 3.03. The van der Waals surface area contributed by atoms with E-state index in [1.165, 1.54) is 12.0 Å². The molecule has 1 N–H and O–H groups in total. The first-order valence-electron chi connectivity index (χ1n) is 8.15. The summed E-state index contributed by atoms with van der Waals surface area (Å²) in [6.45, 7) is 4.51. The summed E-state index contributed by atoms with van der Waals surface area (Å²) in [7, 11) is 1.53. The number of phenols is 1. The standard InChI is InChI=1S/C19H20N2O4S/c1-12-10-14(13(2)21(12)15-4-6-16(22)7-5-15)11-17-18(23)20(8-9-25-3)19(24)26-17/h4-7,10-11,22H,8-9H2,1-3H3/b17-11+. The van der Waals surface area contributed by atoms with Crippen molar-refractivity contribution in [2.75, 3.05) is 20.3 Å². The first-order valence-corrected chi connectivity index (χ1v) is 8.96. The van der Waals surface area contributed by atoms with Gasteiger partial charge in [0.05, 0.1) is 18.1 Å². The Labute approximate surface area is 156 Å². The first-order chi connectivity index (χ1) is 12.4. The summed E-state index contributed by atoms with van der Waals surface area (Å²) >= 11 is 0.949. The van der Waals surface area contributed by atoms with Crippen LogP contribution in [0, 0.1) is 13.8 Å². The van der Waals surface area contributed by atoms with Crippen LogP contribution in [0.15, 0.2) is 35.2 Å². The summed E-state index contributed by atoms with van der Waals surface area (Å²) in [5, 5.41) is 9.20. The van der Waals surface area contributed by atoms with Gasteiger partial charge in [-0.2, -0.15) is 0 Å². The molecule has 0 unspecified atom stereocenters. The van der Waals surface area contributed by atoms with Crippen molar-refractivity contribution in [2.45, 2.75) is 13.8 Å². The van der Waals surface area contributed by atoms with Crippen molar-refractivity contribution in [1.82, 2.24) is 9.47 Å². The minimum atomic E-state index is -0.286. The molecule has 0 saturated carbocycles. The summed E-state index contributed by atoms with van der Waals surface area (Å²) in [6.07, 6.45) is 1.76. The molecular formula is C19H20N2O4S. The molecule has 7 heteroatoms. The second-order valence-corrected chi connectivity index (χ2v) is 7.00. The molecule has 136 valence electrons. The molecule has 1 saturated heterocycles. The molecule has 1 aromatic heterocycles. The van der Waals surface area contributed by atoms with Gasteiger partial charge < -0.3 is 14.4 Å². The van der Waals surface area contributed by atoms with Gasteiger partial charge in [-0.3, -0.25) is 14.5 Å². The van der Waals surface area contributed by atoms with Gasteiger partial charge in [-0.05, 0) is 67.6 Å². The normalized spacial score (nSPS) is 16.1. The van der Waals surface area contributed by atoms with E-state index in [9.17, 15) is 14.7 Å². The van der Waals surface area contributed by atoms with Crippen molar-refractivity contribution in [1.29, 1.82) is 0 Å². The Balaban J connectivity index is 1.93. The number of amides is 2. The molecule has 1 aliphatic heterocycles. The summed E-state index contributed by atoms with van der Waals surface area (Å²) in [5.41, 5.74) is 3.76. The van der Waals surface area contributed by atoms with Crippen molar-refractivity contribution in [3.8, 4) is 11.4 Å². The molecule has 0 radical (unpaired) electrons. The molecule has 1 fully saturated rings. The van der Waals surface area contributed by atoms with E-state index in [4.69, 9.17) is 4.74 Å². The van der Waals surface area contributed by atoms with E-state index in [0.29, 0.717) is 11.5 Å². The molecule has 6 nitrogen and oxygen atoms in total. The number of ether oxygens (including phenoxy) is 1. The monoisotopic (exact) mass is 372 g/mol. The second kappa shape index (κ2) is 7.39. The van der Waals surface area contributed by atoms with Gasteiger partial charge in [-0.1, -0.05) is 0 Å². The highest BCUT2D eigenvalue weighted by Crippen LogP contribution is 2.33. The largest absolute Gasteiger partial charge is 0.508 e. The Kier molecular flexibility index (Phi) is 5.20. The van der Waals surface area contributed by atoms with E-state index >= 15 is 0 Å². The van der Waals surface area contributed by atoms with E-state index in [1.54, 1.807) is 18.2 Å². The fourth-order valence-electron chi connectivity index (χ4n) is 2.95. The first kappa shape index (κ1) is 18.3. The van der Waals surface area contributed by atoms with Gasteiger partial charge in [-0.25, -0.2) is 0 Å². The lowest BCUT2D eigenvalue weighted by atomic mass is 10.2. The van der Waals surface area contributed by atoms with Gasteiger partial charge in [0.2, 0.25) is 0 Å². The number of aromatic nitrogens is 1. The summed E-state index contributed by atoms with van der Waals surface area (Å²) in [4.78, 5) is 26.1. The van der Waals surface area contributed by atoms with Gasteiger partial charge in [0.1, 0.15) is 5.75 Å². The molecule has 2 amide bonds. The lowest BCUT2D eigenvalue weighted by Crippen LogP contribution is -2.31. The Bertz CT molecular complexity index is 884. The van der Waals surface area contributed by atoms with E-state index in [2.05, 4.69) is 0 Å². The highest BCUT2D eigenvalue weighted by Gasteiger charge is 2.34. The van der Waals surface area contributed by atoms with Gasteiger partial charge in [0.15, 0.2) is 0 Å². The van der Waals surface area contributed by atoms with Crippen LogP contribution in [0.25, 0.3) is 11.8 Å². The fraction of sp³-hybridized carbons (Fsp3) is 0.263. The van der Waals surface area contributed by atoms with E-state index in [0.717, 1.165) is 34.4 Å². The zero-order valence-electron chi connectivity index (χ0n) is 14.9. The third-order valence-electron chi connectivity index (χ3n) is 4.26. The summed E-state index contributed by atoms with van der Waals surface area (Å²) in [5.74, 6) is -0.0762. The van der Waals surface area contributed by atoms with Crippen molar-refractivity contribution in [2.24, 2.45) is 0 Å². The molecule has 0 atom stereocenters. The smallest absolute Gasteiger partial charge is 0.293 e. The van der Waals surface area contributed by atoms with Gasteiger partial charge in [0, 0.05) is 24.2 Å². The molecule has 1 aromatic carbocycles. The van der Waals surface area contributed by atoms with E-state index < -0.39 is 0 Å². The van der Waals surface area contributed by atoms with E-state index in [-0.39, 0.29) is 23.4 Å². The molecule has 0 bridgehead atoms. The number of benzene rings is 1. The number of carbonyl (C=O) groups is 2. The number of thioether (sulfide) groups is 1. The number of phenolic OH excluding ortho intramolecular Hbond substituents is 1. The number of hydrogen-bond acceptors (Lipinski definition) is 5. The second-order valence-electron chi connectivity index (χ2n) is 6.00. The average molecular weight is 372 g/mol. The van der Waals surface area contributed by atoms with E-state index in [1.807, 2.05) is 36.6 Å². The number of rotatable bonds is 5. The maximum absolute atomic E-state index is 12.5. The highest BCUT2D eigenvalue weighted by atomic mass is 32.2. The SMILES string of the molecule is COCCN1C(=O)S/C(=C/c2cc(C)n(-c3ccc(O)cc3)c2C)C1=O. The van der Waals surface area contributed by atoms with Crippen LogP contribution in [0.5, 0.6) is 5.75 Å². The van der Waals surface area contributed by atoms with Crippen molar-refractivity contribution >= 4 is 29.0 Å². The van der Waals surface area contributed by atoms with Crippen molar-refractivity contribution in [3.63, 3.8) is 0 Å². The van der Waals surface area contributed by atoms with Crippen LogP contribution in [0.2, 0.25) is 0 Å². The van der Waals surface area contributed by atoms with Gasteiger partial charge in [0.25, 0.3) is 11.1 Å². The maximum atomic E-state index is 12.5. The van der Waals surface area contributed by atoms with Crippen LogP contribution < -0.4 is 0 Å². The van der Waals surface area contributed by atoms with Gasteiger partial charge in [-0.15, -0.1) is 0 Å². The van der Waals surface area contributed by atoms with Crippen molar-refractivity contribution < 1.29 is 19.4 Å². The quantitative estimate of drug-likeness (QED) is 0.814. The van der Waals surface area contributed by atoms with Crippen LogP contribution in [0.4, 0.5) is 4.79 Å². The number of carbonyl (C=O) groups excluding carboxylic acids is 2. The molecule has 3 rings (SSSR count). The Morgan fingerprint density at radius 1 is 1.19 bits per heavy atom. The summed E-state index contributed by atoms with van der Waals surface area (Å²) in [6, 6.07) is 8.91. The molecule has 2 heterocycles. The third-order valence-corrected chi connectivity index (χ3v) is 5.16. The van der Waals surface area contributed by atoms with Crippen LogP contribution >= 0.6 is 11.8 Å². The molecule has 0 aliphatic carbocycles. The third kappa shape index (κ3) is 3.40. The molecule has 0 spiro atoms. The Morgan fingerprint density at radius 3 is 2.54 bits per heavy atom. The van der Waals surface area contributed by atoms with Crippen LogP contribution in [-0.4, -0.2) is 46.0 Å². The zero-order valence-corrected chi connectivity index (χ0v) is 15.7. The number of methoxy groups -OCH3 is 1. The fourth-order valence-corrected chi connectivity index (χ4v) is 3.81. The highest BCUT2D eigenvalue weighted by molar-refractivity contribution is 8.18. The number of aromatic hydroxyl groups is 1. The minimum absolute atomic E-state index is 0.209. The lowest BCUT2D eigenvalue weighted by molar-refractivity contribution is -0.123.